The summed E-state index contributed by atoms with van der Waals surface area (Å²) in [6.45, 7) is 1.68. The molecule has 4 N–H and O–H groups in total. The maximum absolute atomic E-state index is 12.1. The third-order valence-corrected chi connectivity index (χ3v) is 2.66. The van der Waals surface area contributed by atoms with Gasteiger partial charge in [-0.25, -0.2) is 0 Å². The van der Waals surface area contributed by atoms with E-state index in [1.165, 1.54) is 17.1 Å². The summed E-state index contributed by atoms with van der Waals surface area (Å²) in [5.41, 5.74) is 6.25. The number of aryl methyl sites for hydroxylation is 2. The minimum atomic E-state index is -0.359. The molecule has 0 bridgehead atoms. The van der Waals surface area contributed by atoms with Gasteiger partial charge in [0.15, 0.2) is 5.84 Å². The van der Waals surface area contributed by atoms with Crippen LogP contribution < -0.4 is 11.1 Å². The van der Waals surface area contributed by atoms with E-state index < -0.39 is 0 Å². The molecule has 0 fully saturated rings. The second-order valence-electron chi connectivity index (χ2n) is 3.86. The average Bonchev–Trinajstić information content (AvgIpc) is 2.96. The predicted molar refractivity (Wildman–Crippen MR) is 67.1 cm³/mol. The molecule has 0 saturated heterocycles. The molecule has 0 atom stereocenters. The van der Waals surface area contributed by atoms with Crippen LogP contribution in [0.4, 0.5) is 5.82 Å². The van der Waals surface area contributed by atoms with Crippen LogP contribution in [0.15, 0.2) is 28.1 Å². The number of hydrogen-bond donors (Lipinski definition) is 3. The summed E-state index contributed by atoms with van der Waals surface area (Å²) in [7, 11) is 1.63. The monoisotopic (exact) mass is 263 g/mol. The highest BCUT2D eigenvalue weighted by Gasteiger charge is 2.18. The predicted octanol–water partition coefficient (Wildman–Crippen LogP) is 0.668. The van der Waals surface area contributed by atoms with Crippen LogP contribution in [0.2, 0.25) is 0 Å². The van der Waals surface area contributed by atoms with Crippen molar-refractivity contribution in [1.82, 2.24) is 9.78 Å². The van der Waals surface area contributed by atoms with Gasteiger partial charge in [0.2, 0.25) is 0 Å². The molecular weight excluding hydrogens is 250 g/mol. The fourth-order valence-electron chi connectivity index (χ4n) is 1.62. The molecule has 2 heterocycles. The van der Waals surface area contributed by atoms with Crippen LogP contribution in [-0.4, -0.2) is 26.7 Å². The number of furan rings is 1. The largest absolute Gasteiger partial charge is 0.469 e. The molecule has 2 rings (SSSR count). The van der Waals surface area contributed by atoms with Crippen molar-refractivity contribution in [3.05, 3.63) is 35.4 Å². The zero-order valence-electron chi connectivity index (χ0n) is 10.4. The highest BCUT2D eigenvalue weighted by molar-refractivity contribution is 6.09. The molecule has 2 aromatic heterocycles. The number of anilines is 1. The highest BCUT2D eigenvalue weighted by atomic mass is 16.4. The normalized spacial score (nSPS) is 11.6. The number of amides is 1. The molecule has 0 saturated carbocycles. The standard InChI is InChI=1S/C11H13N5O3/c1-6-7(3-4-19-6)11(17)14-10-8(9(12)15-18)5-13-16(10)2/h3-5,18H,1-2H3,(H2,12,15)(H,14,17). The number of nitrogens with zero attached hydrogens (tertiary/aromatic N) is 3. The number of aromatic nitrogens is 2. The van der Waals surface area contributed by atoms with Gasteiger partial charge < -0.3 is 20.7 Å². The first-order valence-electron chi connectivity index (χ1n) is 5.40. The molecule has 0 aliphatic rings. The Balaban J connectivity index is 2.32. The van der Waals surface area contributed by atoms with Crippen LogP contribution in [0.3, 0.4) is 0 Å². The molecule has 8 nitrogen and oxygen atoms in total. The Morgan fingerprint density at radius 3 is 2.89 bits per heavy atom. The lowest BCUT2D eigenvalue weighted by Gasteiger charge is -2.07. The SMILES string of the molecule is Cc1occc1C(=O)Nc1c(C(N)=NO)cnn1C. The van der Waals surface area contributed by atoms with Crippen LogP contribution in [-0.2, 0) is 7.05 Å². The molecule has 1 amide bonds. The van der Waals surface area contributed by atoms with E-state index in [1.54, 1.807) is 20.0 Å². The molecule has 0 aliphatic heterocycles. The van der Waals surface area contributed by atoms with Crippen molar-refractivity contribution < 1.29 is 14.4 Å². The Labute approximate surface area is 108 Å². The highest BCUT2D eigenvalue weighted by Crippen LogP contribution is 2.16. The molecule has 0 radical (unpaired) electrons. The lowest BCUT2D eigenvalue weighted by Crippen LogP contribution is -2.20. The van der Waals surface area contributed by atoms with Gasteiger partial charge in [0.1, 0.15) is 11.6 Å². The van der Waals surface area contributed by atoms with Crippen LogP contribution in [0, 0.1) is 6.92 Å². The van der Waals surface area contributed by atoms with E-state index in [9.17, 15) is 4.79 Å². The zero-order chi connectivity index (χ0) is 14.0. The van der Waals surface area contributed by atoms with E-state index in [0.29, 0.717) is 22.7 Å². The second-order valence-corrected chi connectivity index (χ2v) is 3.86. The molecule has 0 aromatic carbocycles. The van der Waals surface area contributed by atoms with E-state index in [2.05, 4.69) is 15.6 Å². The van der Waals surface area contributed by atoms with Gasteiger partial charge in [-0.1, -0.05) is 5.16 Å². The maximum Gasteiger partial charge on any atom is 0.260 e. The van der Waals surface area contributed by atoms with Crippen LogP contribution in [0.5, 0.6) is 0 Å². The van der Waals surface area contributed by atoms with Crippen molar-refractivity contribution >= 4 is 17.6 Å². The first-order valence-corrected chi connectivity index (χ1v) is 5.40. The first-order chi connectivity index (χ1) is 9.04. The molecule has 0 aliphatic carbocycles. The fourth-order valence-corrected chi connectivity index (χ4v) is 1.62. The topological polar surface area (TPSA) is 119 Å². The Bertz CT molecular complexity index is 641. The minimum absolute atomic E-state index is 0.132. The number of nitrogens with one attached hydrogen (secondary N) is 1. The fraction of sp³-hybridized carbons (Fsp3) is 0.182. The van der Waals surface area contributed by atoms with Crippen molar-refractivity contribution in [2.24, 2.45) is 17.9 Å². The third kappa shape index (κ3) is 2.28. The van der Waals surface area contributed by atoms with Crippen LogP contribution >= 0.6 is 0 Å². The van der Waals surface area contributed by atoms with Gasteiger partial charge in [0.25, 0.3) is 5.91 Å². The molecule has 0 unspecified atom stereocenters. The summed E-state index contributed by atoms with van der Waals surface area (Å²) >= 11 is 0. The number of oxime groups is 1. The molecule has 0 spiro atoms. The van der Waals surface area contributed by atoms with E-state index >= 15 is 0 Å². The summed E-state index contributed by atoms with van der Waals surface area (Å²) in [6.07, 6.45) is 2.82. The van der Waals surface area contributed by atoms with Gasteiger partial charge in [0, 0.05) is 7.05 Å². The summed E-state index contributed by atoms with van der Waals surface area (Å²) in [5.74, 6) is 0.347. The van der Waals surface area contributed by atoms with Gasteiger partial charge in [-0.3, -0.25) is 9.48 Å². The van der Waals surface area contributed by atoms with E-state index in [0.717, 1.165) is 0 Å². The number of nitrogens with two attached hydrogens (primary N) is 1. The Kier molecular flexibility index (Phi) is 3.23. The average molecular weight is 263 g/mol. The van der Waals surface area contributed by atoms with Gasteiger partial charge in [-0.15, -0.1) is 0 Å². The first kappa shape index (κ1) is 12.7. The lowest BCUT2D eigenvalue weighted by atomic mass is 10.2. The quantitative estimate of drug-likeness (QED) is 0.325. The molecule has 19 heavy (non-hydrogen) atoms. The summed E-state index contributed by atoms with van der Waals surface area (Å²) < 4.78 is 6.48. The number of rotatable bonds is 3. The summed E-state index contributed by atoms with van der Waals surface area (Å²) in [6, 6.07) is 1.56. The van der Waals surface area contributed by atoms with E-state index in [-0.39, 0.29) is 11.7 Å². The summed E-state index contributed by atoms with van der Waals surface area (Å²) in [4.78, 5) is 12.1. The van der Waals surface area contributed by atoms with Crippen molar-refractivity contribution in [1.29, 1.82) is 0 Å². The Morgan fingerprint density at radius 2 is 2.32 bits per heavy atom. The van der Waals surface area contributed by atoms with Crippen molar-refractivity contribution in [3.8, 4) is 0 Å². The third-order valence-electron chi connectivity index (χ3n) is 2.66. The van der Waals surface area contributed by atoms with Crippen LogP contribution in [0.25, 0.3) is 0 Å². The second kappa shape index (κ2) is 4.84. The van der Waals surface area contributed by atoms with E-state index in [1.807, 2.05) is 0 Å². The Morgan fingerprint density at radius 1 is 1.58 bits per heavy atom. The number of carbonyl (C=O) groups excluding carboxylic acids is 1. The summed E-state index contributed by atoms with van der Waals surface area (Å²) in [5, 5.41) is 18.2. The van der Waals surface area contributed by atoms with Crippen molar-refractivity contribution in [2.45, 2.75) is 6.92 Å². The molecule has 8 heteroatoms. The number of amidine groups is 1. The number of carbonyl (C=O) groups is 1. The van der Waals surface area contributed by atoms with E-state index in [4.69, 9.17) is 15.4 Å². The zero-order valence-corrected chi connectivity index (χ0v) is 10.4. The number of hydrogen-bond acceptors (Lipinski definition) is 5. The van der Waals surface area contributed by atoms with Gasteiger partial charge in [0.05, 0.1) is 23.6 Å². The molecule has 2 aromatic rings. The van der Waals surface area contributed by atoms with Crippen molar-refractivity contribution in [3.63, 3.8) is 0 Å². The van der Waals surface area contributed by atoms with Gasteiger partial charge in [-0.2, -0.15) is 5.10 Å². The molecular formula is C11H13N5O3. The maximum atomic E-state index is 12.1. The van der Waals surface area contributed by atoms with Gasteiger partial charge in [-0.05, 0) is 13.0 Å². The smallest absolute Gasteiger partial charge is 0.260 e. The lowest BCUT2D eigenvalue weighted by molar-refractivity contribution is 0.102. The van der Waals surface area contributed by atoms with Crippen LogP contribution in [0.1, 0.15) is 21.7 Å². The Hall–Kier alpha value is -2.77. The molecule has 100 valence electrons. The van der Waals surface area contributed by atoms with Gasteiger partial charge >= 0.3 is 0 Å². The minimum Gasteiger partial charge on any atom is -0.469 e. The van der Waals surface area contributed by atoms with Crippen molar-refractivity contribution in [2.75, 3.05) is 5.32 Å².